The van der Waals surface area contributed by atoms with Gasteiger partial charge in [0.05, 0.1) is 11.7 Å². The Balaban J connectivity index is 2.11. The van der Waals surface area contributed by atoms with Crippen molar-refractivity contribution in [3.8, 4) is 11.1 Å². The lowest BCUT2D eigenvalue weighted by atomic mass is 10.0. The predicted molar refractivity (Wildman–Crippen MR) is 97.3 cm³/mol. The average Bonchev–Trinajstić information content (AvgIpc) is 2.87. The highest BCUT2D eigenvalue weighted by Gasteiger charge is 2.17. The molecule has 0 aliphatic carbocycles. The fraction of sp³-hybridized carbons (Fsp3) is 0.278. The minimum atomic E-state index is -0.193. The van der Waals surface area contributed by atoms with Crippen LogP contribution in [0.1, 0.15) is 18.7 Å². The van der Waals surface area contributed by atoms with Gasteiger partial charge in [0.1, 0.15) is 11.4 Å². The highest BCUT2D eigenvalue weighted by molar-refractivity contribution is 7.19. The molecular formula is C18H19N3O2S. The number of thiophene rings is 1. The summed E-state index contributed by atoms with van der Waals surface area (Å²) in [6, 6.07) is 9.84. The Labute approximate surface area is 144 Å². The monoisotopic (exact) mass is 341 g/mol. The van der Waals surface area contributed by atoms with Crippen LogP contribution in [0.4, 0.5) is 0 Å². The normalized spacial score (nSPS) is 11.2. The summed E-state index contributed by atoms with van der Waals surface area (Å²) in [4.78, 5) is 31.0. The number of hydrogen-bond donors (Lipinski definition) is 1. The zero-order valence-electron chi connectivity index (χ0n) is 13.9. The topological polar surface area (TPSA) is 64.0 Å². The third-order valence-electron chi connectivity index (χ3n) is 3.68. The lowest BCUT2D eigenvalue weighted by Crippen LogP contribution is -2.36. The summed E-state index contributed by atoms with van der Waals surface area (Å²) < 4.78 is 1.37. The molecule has 1 aromatic carbocycles. The molecule has 0 atom stereocenters. The van der Waals surface area contributed by atoms with Crippen LogP contribution in [-0.2, 0) is 11.3 Å². The number of rotatable bonds is 4. The number of carbonyl (C=O) groups is 1. The second-order valence-electron chi connectivity index (χ2n) is 5.98. The average molecular weight is 341 g/mol. The molecule has 2 aromatic heterocycles. The molecule has 24 heavy (non-hydrogen) atoms. The van der Waals surface area contributed by atoms with Gasteiger partial charge in [-0.3, -0.25) is 14.2 Å². The molecule has 1 N–H and O–H groups in total. The van der Waals surface area contributed by atoms with Gasteiger partial charge in [-0.1, -0.05) is 30.3 Å². The highest BCUT2D eigenvalue weighted by atomic mass is 32.1. The van der Waals surface area contributed by atoms with Gasteiger partial charge in [0.2, 0.25) is 5.91 Å². The number of fused-ring (bicyclic) bond motifs is 1. The van der Waals surface area contributed by atoms with Crippen LogP contribution in [0.3, 0.4) is 0 Å². The molecule has 1 amide bonds. The number of hydrogen-bond acceptors (Lipinski definition) is 4. The van der Waals surface area contributed by atoms with E-state index < -0.39 is 0 Å². The summed E-state index contributed by atoms with van der Waals surface area (Å²) in [6.07, 6.45) is 1.45. The molecule has 0 spiro atoms. The molecule has 5 nitrogen and oxygen atoms in total. The van der Waals surface area contributed by atoms with E-state index in [-0.39, 0.29) is 24.1 Å². The van der Waals surface area contributed by atoms with E-state index in [4.69, 9.17) is 0 Å². The fourth-order valence-electron chi connectivity index (χ4n) is 2.72. The number of nitrogens with one attached hydrogen (secondary N) is 1. The van der Waals surface area contributed by atoms with Crippen molar-refractivity contribution in [2.45, 2.75) is 33.4 Å². The second-order valence-corrected chi connectivity index (χ2v) is 7.18. The van der Waals surface area contributed by atoms with Crippen LogP contribution in [0.15, 0.2) is 41.5 Å². The van der Waals surface area contributed by atoms with Crippen molar-refractivity contribution < 1.29 is 4.79 Å². The minimum absolute atomic E-state index is 0.0247. The molecule has 6 heteroatoms. The zero-order valence-corrected chi connectivity index (χ0v) is 14.7. The summed E-state index contributed by atoms with van der Waals surface area (Å²) in [5.41, 5.74) is 1.72. The van der Waals surface area contributed by atoms with Crippen molar-refractivity contribution in [3.63, 3.8) is 0 Å². The van der Waals surface area contributed by atoms with Crippen LogP contribution in [-0.4, -0.2) is 21.5 Å². The van der Waals surface area contributed by atoms with Gasteiger partial charge >= 0.3 is 0 Å². The maximum atomic E-state index is 12.9. The Bertz CT molecular complexity index is 942. The zero-order chi connectivity index (χ0) is 17.3. The van der Waals surface area contributed by atoms with E-state index in [1.807, 2.05) is 51.1 Å². The van der Waals surface area contributed by atoms with E-state index >= 15 is 0 Å². The molecular weight excluding hydrogens is 322 g/mol. The van der Waals surface area contributed by atoms with E-state index in [0.29, 0.717) is 10.2 Å². The van der Waals surface area contributed by atoms with Crippen LogP contribution in [0.25, 0.3) is 21.3 Å². The van der Waals surface area contributed by atoms with Crippen LogP contribution < -0.4 is 10.9 Å². The van der Waals surface area contributed by atoms with Crippen molar-refractivity contribution in [1.29, 1.82) is 0 Å². The summed E-state index contributed by atoms with van der Waals surface area (Å²) in [7, 11) is 0. The smallest absolute Gasteiger partial charge is 0.263 e. The molecule has 0 aliphatic heterocycles. The number of benzene rings is 1. The third-order valence-corrected chi connectivity index (χ3v) is 4.69. The molecule has 0 saturated carbocycles. The molecule has 2 heterocycles. The van der Waals surface area contributed by atoms with Crippen molar-refractivity contribution >= 4 is 27.5 Å². The van der Waals surface area contributed by atoms with Gasteiger partial charge in [0.25, 0.3) is 5.56 Å². The second kappa shape index (κ2) is 6.57. The number of carbonyl (C=O) groups excluding carboxylic acids is 1. The summed E-state index contributed by atoms with van der Waals surface area (Å²) in [6.45, 7) is 5.74. The Kier molecular flexibility index (Phi) is 4.49. The van der Waals surface area contributed by atoms with Gasteiger partial charge in [-0.25, -0.2) is 4.98 Å². The van der Waals surface area contributed by atoms with Crippen LogP contribution in [0.2, 0.25) is 0 Å². The lowest BCUT2D eigenvalue weighted by molar-refractivity contribution is -0.122. The van der Waals surface area contributed by atoms with Gasteiger partial charge in [0, 0.05) is 16.5 Å². The standard InChI is InChI=1S/C18H19N3O2S/c1-11(2)20-14(22)9-21-10-19-17-16(18(21)23)15(12(3)24-17)13-7-5-4-6-8-13/h4-8,10-11H,9H2,1-3H3,(H,20,22). The molecule has 3 rings (SSSR count). The van der Waals surface area contributed by atoms with Crippen molar-refractivity contribution in [3.05, 3.63) is 51.9 Å². The Morgan fingerprint density at radius 1 is 1.29 bits per heavy atom. The molecule has 0 bridgehead atoms. The van der Waals surface area contributed by atoms with Crippen LogP contribution >= 0.6 is 11.3 Å². The van der Waals surface area contributed by atoms with E-state index in [9.17, 15) is 9.59 Å². The first-order chi connectivity index (χ1) is 11.5. The molecule has 124 valence electrons. The molecule has 0 aliphatic rings. The molecule has 3 aromatic rings. The summed E-state index contributed by atoms with van der Waals surface area (Å²) in [5.74, 6) is -0.193. The Hall–Kier alpha value is -2.47. The molecule has 0 fully saturated rings. The Morgan fingerprint density at radius 2 is 2.00 bits per heavy atom. The number of aromatic nitrogens is 2. The lowest BCUT2D eigenvalue weighted by Gasteiger charge is -2.10. The van der Waals surface area contributed by atoms with Gasteiger partial charge < -0.3 is 5.32 Å². The van der Waals surface area contributed by atoms with Crippen molar-refractivity contribution in [2.75, 3.05) is 0 Å². The van der Waals surface area contributed by atoms with Crippen molar-refractivity contribution in [2.24, 2.45) is 0 Å². The fourth-order valence-corrected chi connectivity index (χ4v) is 3.73. The van der Waals surface area contributed by atoms with Gasteiger partial charge in [-0.05, 0) is 26.3 Å². The Morgan fingerprint density at radius 3 is 2.67 bits per heavy atom. The van der Waals surface area contributed by atoms with E-state index in [1.165, 1.54) is 22.2 Å². The number of nitrogens with zero attached hydrogens (tertiary/aromatic N) is 2. The van der Waals surface area contributed by atoms with Crippen molar-refractivity contribution in [1.82, 2.24) is 14.9 Å². The first-order valence-corrected chi connectivity index (χ1v) is 8.62. The SMILES string of the molecule is Cc1sc2ncn(CC(=O)NC(C)C)c(=O)c2c1-c1ccccc1. The maximum Gasteiger partial charge on any atom is 0.263 e. The molecule has 0 saturated heterocycles. The van der Waals surface area contributed by atoms with Gasteiger partial charge in [-0.15, -0.1) is 11.3 Å². The number of amides is 1. The number of aryl methyl sites for hydroxylation is 1. The quantitative estimate of drug-likeness (QED) is 0.793. The minimum Gasteiger partial charge on any atom is -0.352 e. The van der Waals surface area contributed by atoms with E-state index in [0.717, 1.165) is 16.0 Å². The summed E-state index contributed by atoms with van der Waals surface area (Å²) in [5, 5.41) is 3.38. The van der Waals surface area contributed by atoms with Crippen LogP contribution in [0, 0.1) is 6.92 Å². The summed E-state index contributed by atoms with van der Waals surface area (Å²) >= 11 is 1.50. The first-order valence-electron chi connectivity index (χ1n) is 7.80. The van der Waals surface area contributed by atoms with Crippen LogP contribution in [0.5, 0.6) is 0 Å². The maximum absolute atomic E-state index is 12.9. The van der Waals surface area contributed by atoms with E-state index in [2.05, 4.69) is 10.3 Å². The highest BCUT2D eigenvalue weighted by Crippen LogP contribution is 2.35. The first kappa shape index (κ1) is 16.4. The third kappa shape index (κ3) is 3.10. The van der Waals surface area contributed by atoms with E-state index in [1.54, 1.807) is 0 Å². The van der Waals surface area contributed by atoms with Gasteiger partial charge in [-0.2, -0.15) is 0 Å². The van der Waals surface area contributed by atoms with Gasteiger partial charge in [0.15, 0.2) is 0 Å². The molecule has 0 unspecified atom stereocenters. The molecule has 0 radical (unpaired) electrons. The largest absolute Gasteiger partial charge is 0.352 e. The predicted octanol–water partition coefficient (Wildman–Crippen LogP) is 2.96.